The van der Waals surface area contributed by atoms with E-state index in [1.807, 2.05) is 0 Å². The second kappa shape index (κ2) is 6.37. The fourth-order valence-electron chi connectivity index (χ4n) is 3.78. The predicted octanol–water partition coefficient (Wildman–Crippen LogP) is 1.34. The monoisotopic (exact) mass is 267 g/mol. The Bertz CT molecular complexity index is 344. The fraction of sp³-hybridized carbons (Fsp3) is 0.857. The number of hydrogen-bond donors (Lipinski definition) is 2. The number of carbonyl (C=O) groups is 2. The van der Waals surface area contributed by atoms with Crippen LogP contribution in [0.4, 0.5) is 4.79 Å². The molecule has 3 amide bonds. The molecule has 5 heteroatoms. The van der Waals surface area contributed by atoms with Crippen molar-refractivity contribution in [2.75, 3.05) is 20.1 Å². The molecule has 0 spiro atoms. The summed E-state index contributed by atoms with van der Waals surface area (Å²) < 4.78 is 0. The van der Waals surface area contributed by atoms with Crippen LogP contribution >= 0.6 is 0 Å². The van der Waals surface area contributed by atoms with Crippen LogP contribution in [-0.4, -0.2) is 43.0 Å². The Morgan fingerprint density at radius 1 is 1.21 bits per heavy atom. The number of carbonyl (C=O) groups excluding carboxylic acids is 2. The maximum Gasteiger partial charge on any atom is 0.321 e. The Morgan fingerprint density at radius 3 is 2.68 bits per heavy atom. The number of nitrogens with one attached hydrogen (secondary N) is 2. The van der Waals surface area contributed by atoms with Gasteiger partial charge in [-0.25, -0.2) is 4.79 Å². The zero-order valence-electron chi connectivity index (χ0n) is 11.9. The largest absolute Gasteiger partial charge is 0.341 e. The zero-order valence-corrected chi connectivity index (χ0v) is 11.9. The normalized spacial score (nSPS) is 31.4. The number of fused-ring (bicyclic) bond motifs is 1. The van der Waals surface area contributed by atoms with Crippen LogP contribution in [-0.2, 0) is 4.79 Å². The third kappa shape index (κ3) is 3.47. The third-order valence-corrected chi connectivity index (χ3v) is 4.57. The summed E-state index contributed by atoms with van der Waals surface area (Å²) in [6.45, 7) is 3.62. The smallest absolute Gasteiger partial charge is 0.321 e. The number of amides is 3. The first-order valence-electron chi connectivity index (χ1n) is 7.37. The Morgan fingerprint density at radius 2 is 1.95 bits per heavy atom. The first kappa shape index (κ1) is 14.3. The highest BCUT2D eigenvalue weighted by molar-refractivity contribution is 5.95. The average molecular weight is 267 g/mol. The molecule has 0 radical (unpaired) electrons. The summed E-state index contributed by atoms with van der Waals surface area (Å²) in [5.74, 6) is 1.20. The van der Waals surface area contributed by atoms with E-state index in [-0.39, 0.29) is 5.91 Å². The summed E-state index contributed by atoms with van der Waals surface area (Å²) in [5, 5.41) is 4.77. The van der Waals surface area contributed by atoms with Crippen LogP contribution < -0.4 is 10.6 Å². The minimum absolute atomic E-state index is 0.197. The number of nitrogens with zero attached hydrogens (tertiary/aromatic N) is 1. The number of imide groups is 1. The number of urea groups is 1. The van der Waals surface area contributed by atoms with Crippen molar-refractivity contribution < 1.29 is 9.59 Å². The van der Waals surface area contributed by atoms with Crippen molar-refractivity contribution in [3.8, 4) is 0 Å². The van der Waals surface area contributed by atoms with Gasteiger partial charge in [0, 0.05) is 13.1 Å². The van der Waals surface area contributed by atoms with Crippen molar-refractivity contribution >= 4 is 11.9 Å². The summed E-state index contributed by atoms with van der Waals surface area (Å²) in [6.07, 6.45) is 6.33. The molecule has 3 unspecified atom stereocenters. The van der Waals surface area contributed by atoms with Gasteiger partial charge in [-0.1, -0.05) is 13.3 Å². The maximum absolute atomic E-state index is 11.8. The van der Waals surface area contributed by atoms with Crippen LogP contribution in [0.2, 0.25) is 0 Å². The van der Waals surface area contributed by atoms with Crippen molar-refractivity contribution in [3.63, 3.8) is 0 Å². The van der Waals surface area contributed by atoms with E-state index in [4.69, 9.17) is 0 Å². The summed E-state index contributed by atoms with van der Waals surface area (Å²) in [6, 6.07) is 0.105. The minimum atomic E-state index is -0.421. The molecule has 108 valence electrons. The SMILES string of the molecule is CNC(=O)NC(=O)CN1CCCC2CCCC(C)C21. The third-order valence-electron chi connectivity index (χ3n) is 4.57. The molecule has 1 aliphatic carbocycles. The van der Waals surface area contributed by atoms with Gasteiger partial charge < -0.3 is 5.32 Å². The van der Waals surface area contributed by atoms with Crippen LogP contribution in [0.3, 0.4) is 0 Å². The highest BCUT2D eigenvalue weighted by atomic mass is 16.2. The molecule has 0 aromatic carbocycles. The van der Waals surface area contributed by atoms with E-state index < -0.39 is 6.03 Å². The molecule has 3 atom stereocenters. The first-order chi connectivity index (χ1) is 9.11. The maximum atomic E-state index is 11.8. The minimum Gasteiger partial charge on any atom is -0.341 e. The molecule has 0 aromatic rings. The lowest BCUT2D eigenvalue weighted by molar-refractivity contribution is -0.123. The Balaban J connectivity index is 1.94. The molecule has 0 bridgehead atoms. The number of likely N-dealkylation sites (tertiary alicyclic amines) is 1. The van der Waals surface area contributed by atoms with Crippen LogP contribution in [0.15, 0.2) is 0 Å². The van der Waals surface area contributed by atoms with E-state index in [9.17, 15) is 9.59 Å². The molecule has 2 rings (SSSR count). The van der Waals surface area contributed by atoms with Gasteiger partial charge in [0.2, 0.25) is 5.91 Å². The highest BCUT2D eigenvalue weighted by Crippen LogP contribution is 2.38. The molecule has 19 heavy (non-hydrogen) atoms. The number of rotatable bonds is 2. The lowest BCUT2D eigenvalue weighted by Crippen LogP contribution is -2.54. The predicted molar refractivity (Wildman–Crippen MR) is 73.7 cm³/mol. The van der Waals surface area contributed by atoms with Gasteiger partial charge in [-0.3, -0.25) is 15.0 Å². The molecule has 1 saturated carbocycles. The molecular weight excluding hydrogens is 242 g/mol. The Hall–Kier alpha value is -1.10. The average Bonchev–Trinajstić information content (AvgIpc) is 2.38. The molecule has 5 nitrogen and oxygen atoms in total. The van der Waals surface area contributed by atoms with Gasteiger partial charge in [0.1, 0.15) is 0 Å². The van der Waals surface area contributed by atoms with Crippen molar-refractivity contribution in [1.29, 1.82) is 0 Å². The molecular formula is C14H25N3O2. The van der Waals surface area contributed by atoms with Crippen molar-refractivity contribution in [2.45, 2.75) is 45.1 Å². The first-order valence-corrected chi connectivity index (χ1v) is 7.37. The van der Waals surface area contributed by atoms with E-state index in [1.54, 1.807) is 0 Å². The van der Waals surface area contributed by atoms with Crippen LogP contribution in [0.1, 0.15) is 39.0 Å². The van der Waals surface area contributed by atoms with Gasteiger partial charge in [0.05, 0.1) is 6.54 Å². The molecule has 0 aromatic heterocycles. The zero-order chi connectivity index (χ0) is 13.8. The van der Waals surface area contributed by atoms with E-state index in [1.165, 1.54) is 39.2 Å². The molecule has 1 aliphatic heterocycles. The summed E-state index contributed by atoms with van der Waals surface area (Å²) in [4.78, 5) is 25.3. The van der Waals surface area contributed by atoms with Gasteiger partial charge >= 0.3 is 6.03 Å². The van der Waals surface area contributed by atoms with Crippen molar-refractivity contribution in [1.82, 2.24) is 15.5 Å². The molecule has 1 heterocycles. The lowest BCUT2D eigenvalue weighted by Gasteiger charge is -2.47. The van der Waals surface area contributed by atoms with Gasteiger partial charge in [0.25, 0.3) is 0 Å². The van der Waals surface area contributed by atoms with E-state index in [0.717, 1.165) is 12.5 Å². The summed E-state index contributed by atoms with van der Waals surface area (Å²) >= 11 is 0. The summed E-state index contributed by atoms with van der Waals surface area (Å²) in [5.41, 5.74) is 0. The van der Waals surface area contributed by atoms with Crippen LogP contribution in [0.5, 0.6) is 0 Å². The second-order valence-corrected chi connectivity index (χ2v) is 5.90. The quantitative estimate of drug-likeness (QED) is 0.794. The van der Waals surface area contributed by atoms with Crippen LogP contribution in [0.25, 0.3) is 0 Å². The van der Waals surface area contributed by atoms with Gasteiger partial charge in [-0.2, -0.15) is 0 Å². The van der Waals surface area contributed by atoms with E-state index >= 15 is 0 Å². The lowest BCUT2D eigenvalue weighted by atomic mass is 9.73. The van der Waals surface area contributed by atoms with Gasteiger partial charge in [-0.05, 0) is 44.1 Å². The van der Waals surface area contributed by atoms with Gasteiger partial charge in [-0.15, -0.1) is 0 Å². The Kier molecular flexibility index (Phi) is 4.80. The fourth-order valence-corrected chi connectivity index (χ4v) is 3.78. The highest BCUT2D eigenvalue weighted by Gasteiger charge is 2.38. The van der Waals surface area contributed by atoms with E-state index in [0.29, 0.717) is 18.5 Å². The standard InChI is InChI=1S/C14H25N3O2/c1-10-5-3-6-11-7-4-8-17(13(10)11)9-12(18)16-14(19)15-2/h10-11,13H,3-9H2,1-2H3,(H2,15,16,18,19). The van der Waals surface area contributed by atoms with E-state index in [2.05, 4.69) is 22.5 Å². The second-order valence-electron chi connectivity index (χ2n) is 5.90. The van der Waals surface area contributed by atoms with Crippen molar-refractivity contribution in [3.05, 3.63) is 0 Å². The Labute approximate surface area is 115 Å². The number of piperidine rings is 1. The topological polar surface area (TPSA) is 61.4 Å². The number of hydrogen-bond acceptors (Lipinski definition) is 3. The molecule has 1 saturated heterocycles. The molecule has 2 aliphatic rings. The van der Waals surface area contributed by atoms with Gasteiger partial charge in [0.15, 0.2) is 0 Å². The molecule has 2 N–H and O–H groups in total. The van der Waals surface area contributed by atoms with Crippen LogP contribution in [0, 0.1) is 11.8 Å². The van der Waals surface area contributed by atoms with Crippen molar-refractivity contribution in [2.24, 2.45) is 11.8 Å². The molecule has 2 fully saturated rings. The summed E-state index contributed by atoms with van der Waals surface area (Å²) in [7, 11) is 1.52.